The van der Waals surface area contributed by atoms with Crippen molar-refractivity contribution in [2.24, 2.45) is 5.92 Å². The first kappa shape index (κ1) is 14.0. The lowest BCUT2D eigenvalue weighted by molar-refractivity contribution is -0.138. The number of carbonyl (C=O) groups is 1. The Hall–Kier alpha value is -1.10. The highest BCUT2D eigenvalue weighted by Gasteiger charge is 2.20. The Morgan fingerprint density at radius 2 is 2.12 bits per heavy atom. The van der Waals surface area contributed by atoms with Crippen LogP contribution in [0.25, 0.3) is 0 Å². The van der Waals surface area contributed by atoms with E-state index in [4.69, 9.17) is 5.11 Å². The smallest absolute Gasteiger partial charge is 0.326 e. The van der Waals surface area contributed by atoms with Crippen LogP contribution in [0.15, 0.2) is 6.20 Å². The highest BCUT2D eigenvalue weighted by molar-refractivity contribution is 7.15. The summed E-state index contributed by atoms with van der Waals surface area (Å²) in [6.45, 7) is 8.22. The predicted molar refractivity (Wildman–Crippen MR) is 70.7 cm³/mol. The van der Waals surface area contributed by atoms with Crippen molar-refractivity contribution in [1.29, 1.82) is 0 Å². The number of aromatic nitrogens is 1. The lowest BCUT2D eigenvalue weighted by atomic mass is 10.0. The lowest BCUT2D eigenvalue weighted by Crippen LogP contribution is -2.30. The molecule has 0 fully saturated rings. The van der Waals surface area contributed by atoms with Crippen LogP contribution in [0.1, 0.15) is 44.9 Å². The molecule has 0 saturated heterocycles. The summed E-state index contributed by atoms with van der Waals surface area (Å²) in [7, 11) is 0. The molecule has 17 heavy (non-hydrogen) atoms. The Labute approximate surface area is 106 Å². The largest absolute Gasteiger partial charge is 0.480 e. The zero-order chi connectivity index (χ0) is 13.0. The van der Waals surface area contributed by atoms with E-state index in [2.05, 4.69) is 24.1 Å². The summed E-state index contributed by atoms with van der Waals surface area (Å²) in [4.78, 5) is 16.5. The third kappa shape index (κ3) is 4.34. The molecule has 5 heteroatoms. The fourth-order valence-electron chi connectivity index (χ4n) is 1.46. The van der Waals surface area contributed by atoms with Crippen molar-refractivity contribution in [1.82, 2.24) is 4.98 Å². The monoisotopic (exact) mass is 256 g/mol. The van der Waals surface area contributed by atoms with Gasteiger partial charge in [-0.1, -0.05) is 27.7 Å². The van der Waals surface area contributed by atoms with E-state index in [1.807, 2.05) is 20.0 Å². The van der Waals surface area contributed by atoms with Crippen molar-refractivity contribution in [3.8, 4) is 0 Å². The molecule has 0 spiro atoms. The molecule has 96 valence electrons. The Balaban J connectivity index is 2.68. The molecule has 2 N–H and O–H groups in total. The number of carboxylic acids is 1. The summed E-state index contributed by atoms with van der Waals surface area (Å²) < 4.78 is 0. The minimum absolute atomic E-state index is 0.341. The predicted octanol–water partition coefficient (Wildman–Crippen LogP) is 3.18. The number of nitrogens with one attached hydrogen (secondary N) is 1. The maximum atomic E-state index is 11.1. The van der Waals surface area contributed by atoms with Gasteiger partial charge in [-0.3, -0.25) is 0 Å². The number of aliphatic carboxylic acids is 1. The van der Waals surface area contributed by atoms with E-state index in [1.165, 1.54) is 16.2 Å². The van der Waals surface area contributed by atoms with Crippen LogP contribution in [0.2, 0.25) is 0 Å². The molecule has 0 aliphatic heterocycles. The molecule has 4 nitrogen and oxygen atoms in total. The number of hydrogen-bond acceptors (Lipinski definition) is 4. The van der Waals surface area contributed by atoms with E-state index in [0.29, 0.717) is 23.4 Å². The molecular formula is C12H20N2O2S. The van der Waals surface area contributed by atoms with E-state index < -0.39 is 12.0 Å². The second kappa shape index (κ2) is 6.00. The van der Waals surface area contributed by atoms with Gasteiger partial charge in [-0.2, -0.15) is 0 Å². The van der Waals surface area contributed by atoms with Gasteiger partial charge < -0.3 is 10.4 Å². The van der Waals surface area contributed by atoms with Gasteiger partial charge in [-0.25, -0.2) is 9.78 Å². The third-order valence-electron chi connectivity index (χ3n) is 2.40. The van der Waals surface area contributed by atoms with Crippen molar-refractivity contribution in [3.05, 3.63) is 11.1 Å². The maximum Gasteiger partial charge on any atom is 0.326 e. The number of nitrogens with zero attached hydrogens (tertiary/aromatic N) is 1. The maximum absolute atomic E-state index is 11.1. The van der Waals surface area contributed by atoms with Crippen molar-refractivity contribution in [2.45, 2.75) is 46.1 Å². The summed E-state index contributed by atoms with van der Waals surface area (Å²) >= 11 is 1.53. The Morgan fingerprint density at radius 1 is 1.47 bits per heavy atom. The van der Waals surface area contributed by atoms with Crippen molar-refractivity contribution < 1.29 is 9.90 Å². The number of carboxylic acid groups (broad SMARTS) is 1. The summed E-state index contributed by atoms with van der Waals surface area (Å²) in [6, 6.07) is -0.554. The molecule has 1 rings (SSSR count). The van der Waals surface area contributed by atoms with Crippen molar-refractivity contribution in [2.75, 3.05) is 5.32 Å². The summed E-state index contributed by atoms with van der Waals surface area (Å²) in [5, 5.41) is 12.8. The highest BCUT2D eigenvalue weighted by atomic mass is 32.1. The lowest BCUT2D eigenvalue weighted by Gasteiger charge is -2.15. The van der Waals surface area contributed by atoms with Crippen LogP contribution in [0.4, 0.5) is 5.13 Å². The molecule has 1 atom stereocenters. The summed E-state index contributed by atoms with van der Waals surface area (Å²) in [5.41, 5.74) is 0. The van der Waals surface area contributed by atoms with Gasteiger partial charge in [-0.15, -0.1) is 11.3 Å². The zero-order valence-corrected chi connectivity index (χ0v) is 11.5. The second-order valence-corrected chi connectivity index (χ2v) is 5.95. The minimum atomic E-state index is -0.819. The normalized spacial score (nSPS) is 13.1. The fourth-order valence-corrected chi connectivity index (χ4v) is 2.33. The van der Waals surface area contributed by atoms with E-state index in [1.54, 1.807) is 0 Å². The van der Waals surface area contributed by atoms with Crippen molar-refractivity contribution in [3.63, 3.8) is 0 Å². The Kier molecular flexibility index (Phi) is 4.93. The molecule has 0 radical (unpaired) electrons. The van der Waals surface area contributed by atoms with E-state index in [9.17, 15) is 4.79 Å². The van der Waals surface area contributed by atoms with Crippen LogP contribution in [0.5, 0.6) is 0 Å². The number of rotatable bonds is 6. The highest BCUT2D eigenvalue weighted by Crippen LogP contribution is 2.26. The van der Waals surface area contributed by atoms with Gasteiger partial charge >= 0.3 is 5.97 Å². The zero-order valence-electron chi connectivity index (χ0n) is 10.7. The molecule has 1 heterocycles. The van der Waals surface area contributed by atoms with Gasteiger partial charge in [-0.05, 0) is 18.3 Å². The molecule has 1 aromatic heterocycles. The molecule has 0 aromatic carbocycles. The van der Waals surface area contributed by atoms with E-state index in [-0.39, 0.29) is 0 Å². The van der Waals surface area contributed by atoms with Crippen LogP contribution in [0, 0.1) is 5.92 Å². The Bertz CT molecular complexity index is 374. The fraction of sp³-hybridized carbons (Fsp3) is 0.667. The second-order valence-electron chi connectivity index (χ2n) is 4.89. The van der Waals surface area contributed by atoms with Crippen molar-refractivity contribution >= 4 is 22.4 Å². The van der Waals surface area contributed by atoms with Crippen LogP contribution >= 0.6 is 11.3 Å². The quantitative estimate of drug-likeness (QED) is 0.820. The number of anilines is 1. The van der Waals surface area contributed by atoms with Gasteiger partial charge in [0.1, 0.15) is 6.04 Å². The van der Waals surface area contributed by atoms with Gasteiger partial charge in [0, 0.05) is 11.1 Å². The Morgan fingerprint density at radius 3 is 2.53 bits per heavy atom. The van der Waals surface area contributed by atoms with Gasteiger partial charge in [0.15, 0.2) is 5.13 Å². The SMILES string of the molecule is CC(C)CC(Nc1ncc(C(C)C)s1)C(=O)O. The van der Waals surface area contributed by atoms with Crippen LogP contribution in [-0.2, 0) is 4.79 Å². The molecule has 0 aliphatic rings. The van der Waals surface area contributed by atoms with Gasteiger partial charge in [0.25, 0.3) is 0 Å². The van der Waals surface area contributed by atoms with E-state index in [0.717, 1.165) is 0 Å². The molecule has 0 bridgehead atoms. The molecule has 1 unspecified atom stereocenters. The molecule has 1 aromatic rings. The topological polar surface area (TPSA) is 62.2 Å². The summed E-state index contributed by atoms with van der Waals surface area (Å²) in [5.74, 6) is -0.0513. The molecule has 0 aliphatic carbocycles. The average molecular weight is 256 g/mol. The molecular weight excluding hydrogens is 236 g/mol. The van der Waals surface area contributed by atoms with Crippen LogP contribution < -0.4 is 5.32 Å². The standard InChI is InChI=1S/C12H20N2O2S/c1-7(2)5-9(11(15)16)14-12-13-6-10(17-12)8(3)4/h6-9H,5H2,1-4H3,(H,13,14)(H,15,16). The number of thiazole rings is 1. The molecule has 0 saturated carbocycles. The van der Waals surface area contributed by atoms with Crippen LogP contribution in [-0.4, -0.2) is 22.1 Å². The first-order valence-corrected chi connectivity index (χ1v) is 6.66. The minimum Gasteiger partial charge on any atom is -0.480 e. The summed E-state index contributed by atoms with van der Waals surface area (Å²) in [6.07, 6.45) is 2.41. The number of hydrogen-bond donors (Lipinski definition) is 2. The van der Waals surface area contributed by atoms with Crippen LogP contribution in [0.3, 0.4) is 0 Å². The molecule has 0 amide bonds. The average Bonchev–Trinajstić information content (AvgIpc) is 2.64. The van der Waals surface area contributed by atoms with Gasteiger partial charge in [0.2, 0.25) is 0 Å². The first-order chi connectivity index (χ1) is 7.90. The van der Waals surface area contributed by atoms with Gasteiger partial charge in [0.05, 0.1) is 0 Å². The third-order valence-corrected chi connectivity index (χ3v) is 3.62. The first-order valence-electron chi connectivity index (χ1n) is 5.85. The van der Waals surface area contributed by atoms with E-state index >= 15 is 0 Å².